The topological polar surface area (TPSA) is 105 Å². The van der Waals surface area contributed by atoms with Crippen molar-refractivity contribution in [3.05, 3.63) is 51.8 Å². The van der Waals surface area contributed by atoms with Crippen LogP contribution < -0.4 is 19.7 Å². The van der Waals surface area contributed by atoms with Gasteiger partial charge in [-0.25, -0.2) is 22.5 Å². The highest BCUT2D eigenvalue weighted by molar-refractivity contribution is 7.92. The van der Waals surface area contributed by atoms with Gasteiger partial charge in [0.25, 0.3) is 0 Å². The largest absolute Gasteiger partial charge is 0.495 e. The van der Waals surface area contributed by atoms with Gasteiger partial charge in [0.1, 0.15) is 5.75 Å². The van der Waals surface area contributed by atoms with Gasteiger partial charge < -0.3 is 10.1 Å². The summed E-state index contributed by atoms with van der Waals surface area (Å²) in [6.45, 7) is 6.11. The monoisotopic (exact) mass is 521 g/mol. The smallest absolute Gasteiger partial charge is 0.328 e. The van der Waals surface area contributed by atoms with E-state index >= 15 is 0 Å². The lowest BCUT2D eigenvalue weighted by Gasteiger charge is -2.29. The van der Waals surface area contributed by atoms with Crippen LogP contribution in [0.25, 0.3) is 0 Å². The fourth-order valence-electron chi connectivity index (χ4n) is 3.51. The maximum atomic E-state index is 14.6. The van der Waals surface area contributed by atoms with Crippen molar-refractivity contribution >= 4 is 44.9 Å². The molecule has 3 amide bonds. The number of benzene rings is 2. The third-order valence-corrected chi connectivity index (χ3v) is 6.08. The summed E-state index contributed by atoms with van der Waals surface area (Å²) in [5, 5.41) is 2.29. The number of anilines is 2. The average molecular weight is 522 g/mol. The molecule has 1 fully saturated rings. The van der Waals surface area contributed by atoms with E-state index in [0.717, 1.165) is 11.2 Å². The van der Waals surface area contributed by atoms with Gasteiger partial charge in [0.05, 0.1) is 35.3 Å². The molecule has 2 aromatic rings. The lowest BCUT2D eigenvalue weighted by molar-refractivity contribution is -0.118. The molecule has 0 unspecified atom stereocenters. The van der Waals surface area contributed by atoms with Crippen molar-refractivity contribution in [3.63, 3.8) is 0 Å². The van der Waals surface area contributed by atoms with Crippen LogP contribution in [0.15, 0.2) is 24.3 Å². The Hall–Kier alpha value is -3.29. The first-order valence-corrected chi connectivity index (χ1v) is 12.8. The maximum absolute atomic E-state index is 14.6. The minimum atomic E-state index is -3.70. The van der Waals surface area contributed by atoms with E-state index < -0.39 is 27.3 Å². The van der Waals surface area contributed by atoms with Crippen molar-refractivity contribution < 1.29 is 27.1 Å². The molecule has 0 spiro atoms. The predicted octanol–water partition coefficient (Wildman–Crippen LogP) is 4.00. The molecular weight excluding hydrogens is 497 g/mol. The molecule has 0 aromatic heterocycles. The number of sulfonamides is 1. The first-order chi connectivity index (χ1) is 16.2. The molecule has 8 nitrogen and oxygen atoms in total. The van der Waals surface area contributed by atoms with E-state index in [1.807, 2.05) is 20.8 Å². The molecule has 3 rings (SSSR count). The molecule has 1 heterocycles. The number of carbonyl (C=O) groups excluding carboxylic acids is 2. The number of hydrogen-bond acceptors (Lipinski definition) is 5. The first-order valence-electron chi connectivity index (χ1n) is 10.5. The van der Waals surface area contributed by atoms with Gasteiger partial charge in [0, 0.05) is 24.1 Å². The quantitative estimate of drug-likeness (QED) is 0.592. The molecule has 11 heteroatoms. The van der Waals surface area contributed by atoms with Crippen LogP contribution >= 0.6 is 11.6 Å². The van der Waals surface area contributed by atoms with Crippen LogP contribution in [0.5, 0.6) is 5.75 Å². The van der Waals surface area contributed by atoms with Crippen molar-refractivity contribution in [2.24, 2.45) is 0 Å². The van der Waals surface area contributed by atoms with Crippen molar-refractivity contribution in [2.45, 2.75) is 32.6 Å². The molecule has 0 atom stereocenters. The molecule has 186 valence electrons. The molecule has 0 saturated carbocycles. The second-order valence-electron chi connectivity index (χ2n) is 8.95. The van der Waals surface area contributed by atoms with Gasteiger partial charge in [-0.15, -0.1) is 0 Å². The second kappa shape index (κ2) is 9.76. The highest BCUT2D eigenvalue weighted by Crippen LogP contribution is 2.38. The fraction of sp³-hybridized carbons (Fsp3) is 0.333. The standard InChI is InChI=1S/C24H25ClFN3O5S/c1-24(2,3)17-13-16(29-19(30)10-11-27-23(29)31)12-15(22(17)34-4)7-6-14-8-9-18(21(26)20(14)25)28-35(5,32)33/h8-9,12-13,28H,10-11H2,1-5H3,(H,27,31). The Bertz CT molecular complexity index is 1360. The summed E-state index contributed by atoms with van der Waals surface area (Å²) >= 11 is 6.11. The summed E-state index contributed by atoms with van der Waals surface area (Å²) in [7, 11) is -2.22. The summed E-state index contributed by atoms with van der Waals surface area (Å²) in [5.41, 5.74) is 0.767. The Labute approximate surface area is 208 Å². The summed E-state index contributed by atoms with van der Waals surface area (Å²) in [4.78, 5) is 26.0. The van der Waals surface area contributed by atoms with Crippen molar-refractivity contribution in [3.8, 4) is 17.6 Å². The van der Waals surface area contributed by atoms with E-state index in [1.165, 1.54) is 19.2 Å². The molecule has 0 aliphatic carbocycles. The number of nitrogens with zero attached hydrogens (tertiary/aromatic N) is 1. The van der Waals surface area contributed by atoms with Crippen LogP contribution in [0.2, 0.25) is 5.02 Å². The molecule has 35 heavy (non-hydrogen) atoms. The molecule has 1 saturated heterocycles. The second-order valence-corrected chi connectivity index (χ2v) is 11.1. The van der Waals surface area contributed by atoms with Gasteiger partial charge >= 0.3 is 6.03 Å². The average Bonchev–Trinajstić information content (AvgIpc) is 2.74. The van der Waals surface area contributed by atoms with Crippen LogP contribution in [0.1, 0.15) is 43.9 Å². The van der Waals surface area contributed by atoms with Crippen LogP contribution in [0, 0.1) is 17.7 Å². The molecule has 2 aromatic carbocycles. The zero-order valence-corrected chi connectivity index (χ0v) is 21.4. The summed E-state index contributed by atoms with van der Waals surface area (Å²) in [5.74, 6) is 4.81. The van der Waals surface area contributed by atoms with Crippen LogP contribution in [-0.2, 0) is 20.2 Å². The van der Waals surface area contributed by atoms with Crippen molar-refractivity contribution in [2.75, 3.05) is 29.5 Å². The minimum Gasteiger partial charge on any atom is -0.495 e. The predicted molar refractivity (Wildman–Crippen MR) is 133 cm³/mol. The number of amides is 3. The fourth-order valence-corrected chi connectivity index (χ4v) is 4.28. The Balaban J connectivity index is 2.16. The normalized spacial score (nSPS) is 14.2. The number of methoxy groups -OCH3 is 1. The third-order valence-electron chi connectivity index (χ3n) is 5.12. The maximum Gasteiger partial charge on any atom is 0.328 e. The van der Waals surface area contributed by atoms with E-state index in [0.29, 0.717) is 22.6 Å². The molecule has 0 radical (unpaired) electrons. The summed E-state index contributed by atoms with van der Waals surface area (Å²) < 4.78 is 45.2. The Morgan fingerprint density at radius 1 is 1.17 bits per heavy atom. The molecular formula is C24H25ClFN3O5S. The highest BCUT2D eigenvalue weighted by atomic mass is 35.5. The SMILES string of the molecule is COc1c(C#Cc2ccc(NS(C)(=O)=O)c(F)c2Cl)cc(N2C(=O)CCNC2=O)cc1C(C)(C)C. The molecule has 2 N–H and O–H groups in total. The van der Waals surface area contributed by atoms with Gasteiger partial charge in [-0.1, -0.05) is 44.2 Å². The lowest BCUT2D eigenvalue weighted by atomic mass is 9.84. The molecule has 1 aliphatic rings. The van der Waals surface area contributed by atoms with E-state index in [4.69, 9.17) is 16.3 Å². The van der Waals surface area contributed by atoms with Crippen molar-refractivity contribution in [1.82, 2.24) is 5.32 Å². The summed E-state index contributed by atoms with van der Waals surface area (Å²) in [6.07, 6.45) is 1.06. The van der Waals surface area contributed by atoms with Crippen molar-refractivity contribution in [1.29, 1.82) is 0 Å². The third kappa shape index (κ3) is 5.86. The van der Waals surface area contributed by atoms with Gasteiger partial charge in [-0.2, -0.15) is 0 Å². The van der Waals surface area contributed by atoms with Crippen LogP contribution in [-0.4, -0.2) is 40.3 Å². The minimum absolute atomic E-state index is 0.111. The van der Waals surface area contributed by atoms with Gasteiger partial charge in [-0.05, 0) is 29.7 Å². The van der Waals surface area contributed by atoms with E-state index in [2.05, 4.69) is 21.9 Å². The van der Waals surface area contributed by atoms with Gasteiger partial charge in [-0.3, -0.25) is 9.52 Å². The lowest BCUT2D eigenvalue weighted by Crippen LogP contribution is -2.50. The number of ether oxygens (including phenoxy) is 1. The zero-order valence-electron chi connectivity index (χ0n) is 19.9. The highest BCUT2D eigenvalue weighted by Gasteiger charge is 2.30. The van der Waals surface area contributed by atoms with Gasteiger partial charge in [0.15, 0.2) is 5.82 Å². The number of imide groups is 1. The number of urea groups is 1. The van der Waals surface area contributed by atoms with E-state index in [1.54, 1.807) is 12.1 Å². The first kappa shape index (κ1) is 26.3. The Morgan fingerprint density at radius 2 is 1.83 bits per heavy atom. The molecule has 1 aliphatic heterocycles. The Kier molecular flexibility index (Phi) is 7.34. The zero-order chi connectivity index (χ0) is 26.1. The van der Waals surface area contributed by atoms with E-state index in [9.17, 15) is 22.4 Å². The van der Waals surface area contributed by atoms with Crippen LogP contribution in [0.3, 0.4) is 0 Å². The number of halogens is 2. The summed E-state index contributed by atoms with van der Waals surface area (Å²) in [6, 6.07) is 5.33. The number of rotatable bonds is 4. The van der Waals surface area contributed by atoms with E-state index in [-0.39, 0.29) is 35.1 Å². The van der Waals surface area contributed by atoms with Crippen LogP contribution in [0.4, 0.5) is 20.6 Å². The molecule has 0 bridgehead atoms. The van der Waals surface area contributed by atoms with Gasteiger partial charge in [0.2, 0.25) is 15.9 Å². The number of carbonyl (C=O) groups is 2. The number of hydrogen-bond donors (Lipinski definition) is 2. The Morgan fingerprint density at radius 3 is 2.40 bits per heavy atom. The number of nitrogens with one attached hydrogen (secondary N) is 2.